The summed E-state index contributed by atoms with van der Waals surface area (Å²) < 4.78 is 1.81. The second-order valence-electron chi connectivity index (χ2n) is 4.44. The molecule has 0 radical (unpaired) electrons. The lowest BCUT2D eigenvalue weighted by atomic mass is 10.2. The molecule has 1 heterocycles. The number of thioether (sulfide) groups is 1. The van der Waals surface area contributed by atoms with Crippen LogP contribution >= 0.6 is 11.8 Å². The van der Waals surface area contributed by atoms with E-state index >= 15 is 0 Å². The van der Waals surface area contributed by atoms with Crippen LogP contribution in [0, 0.1) is 5.92 Å². The van der Waals surface area contributed by atoms with Crippen molar-refractivity contribution in [1.29, 1.82) is 0 Å². The van der Waals surface area contributed by atoms with Crippen LogP contribution in [0.1, 0.15) is 39.2 Å². The Bertz CT molecular complexity index is 378. The van der Waals surface area contributed by atoms with Gasteiger partial charge in [-0.1, -0.05) is 25.6 Å². The second-order valence-corrected chi connectivity index (χ2v) is 5.51. The maximum absolute atomic E-state index is 11.5. The van der Waals surface area contributed by atoms with Gasteiger partial charge in [-0.3, -0.25) is 4.57 Å². The number of rotatable bonds is 5. The van der Waals surface area contributed by atoms with Crippen molar-refractivity contribution in [3.05, 3.63) is 10.5 Å². The quantitative estimate of drug-likeness (QED) is 0.783. The summed E-state index contributed by atoms with van der Waals surface area (Å²) in [6.45, 7) is 4.41. The topological polar surface area (TPSA) is 50.7 Å². The summed E-state index contributed by atoms with van der Waals surface area (Å²) in [7, 11) is 0. The molecule has 1 saturated carbocycles. The minimum absolute atomic E-state index is 0.0513. The molecule has 0 saturated heterocycles. The minimum Gasteiger partial charge on any atom is -0.267 e. The zero-order valence-corrected chi connectivity index (χ0v) is 10.0. The zero-order chi connectivity index (χ0) is 10.8. The van der Waals surface area contributed by atoms with Gasteiger partial charge in [0.1, 0.15) is 0 Å². The molecule has 2 rings (SSSR count). The van der Waals surface area contributed by atoms with E-state index in [0.29, 0.717) is 12.0 Å². The third-order valence-corrected chi connectivity index (χ3v) is 3.50. The van der Waals surface area contributed by atoms with Gasteiger partial charge in [-0.25, -0.2) is 9.89 Å². The number of aromatic amines is 1. The van der Waals surface area contributed by atoms with Crippen LogP contribution in [0.2, 0.25) is 0 Å². The summed E-state index contributed by atoms with van der Waals surface area (Å²) in [6.07, 6.45) is 3.41. The molecule has 4 nitrogen and oxygen atoms in total. The number of nitrogens with one attached hydrogen (secondary N) is 1. The van der Waals surface area contributed by atoms with Crippen molar-refractivity contribution in [3.8, 4) is 0 Å². The van der Waals surface area contributed by atoms with Crippen molar-refractivity contribution in [2.24, 2.45) is 5.92 Å². The molecular weight excluding hydrogens is 210 g/mol. The van der Waals surface area contributed by atoms with Crippen LogP contribution in [0.3, 0.4) is 0 Å². The second kappa shape index (κ2) is 4.43. The number of nitrogens with zero attached hydrogens (tertiary/aromatic N) is 2. The van der Waals surface area contributed by atoms with Crippen LogP contribution in [0.15, 0.2) is 9.95 Å². The largest absolute Gasteiger partial charge is 0.344 e. The fourth-order valence-electron chi connectivity index (χ4n) is 1.43. The molecule has 0 amide bonds. The average Bonchev–Trinajstić information content (AvgIpc) is 2.92. The first-order chi connectivity index (χ1) is 7.18. The van der Waals surface area contributed by atoms with Gasteiger partial charge >= 0.3 is 5.69 Å². The number of hydrogen-bond donors (Lipinski definition) is 1. The van der Waals surface area contributed by atoms with Crippen molar-refractivity contribution in [1.82, 2.24) is 14.8 Å². The summed E-state index contributed by atoms with van der Waals surface area (Å²) in [5, 5.41) is 7.46. The van der Waals surface area contributed by atoms with E-state index in [-0.39, 0.29) is 5.69 Å². The van der Waals surface area contributed by atoms with Gasteiger partial charge in [-0.2, -0.15) is 0 Å². The van der Waals surface area contributed by atoms with Gasteiger partial charge in [0.2, 0.25) is 0 Å². The van der Waals surface area contributed by atoms with Crippen LogP contribution < -0.4 is 5.69 Å². The molecule has 1 aliphatic carbocycles. The van der Waals surface area contributed by atoms with Crippen LogP contribution in [0.5, 0.6) is 0 Å². The molecule has 15 heavy (non-hydrogen) atoms. The highest BCUT2D eigenvalue weighted by atomic mass is 32.2. The lowest BCUT2D eigenvalue weighted by Gasteiger charge is -2.04. The highest BCUT2D eigenvalue weighted by Gasteiger charge is 2.28. The van der Waals surface area contributed by atoms with Crippen LogP contribution in [-0.4, -0.2) is 20.5 Å². The predicted octanol–water partition coefficient (Wildman–Crippen LogP) is 2.04. The Labute approximate surface area is 93.5 Å². The van der Waals surface area contributed by atoms with E-state index < -0.39 is 0 Å². The van der Waals surface area contributed by atoms with Gasteiger partial charge in [0.15, 0.2) is 5.16 Å². The standard InChI is InChI=1S/C10H17N3OS/c1-7(2)5-6-15-10-12-11-9(14)13(10)8-3-4-8/h7-8H,3-6H2,1-2H3,(H,11,14). The maximum atomic E-state index is 11.5. The van der Waals surface area contributed by atoms with Gasteiger partial charge in [0.05, 0.1) is 0 Å². The molecule has 1 aliphatic rings. The lowest BCUT2D eigenvalue weighted by molar-refractivity contribution is 0.624. The van der Waals surface area contributed by atoms with Crippen molar-refractivity contribution < 1.29 is 0 Å². The molecular formula is C10H17N3OS. The Morgan fingerprint density at radius 1 is 1.60 bits per heavy atom. The van der Waals surface area contributed by atoms with Crippen molar-refractivity contribution in [2.75, 3.05) is 5.75 Å². The summed E-state index contributed by atoms with van der Waals surface area (Å²) in [5.41, 5.74) is -0.0513. The smallest absolute Gasteiger partial charge is 0.267 e. The van der Waals surface area contributed by atoms with E-state index in [2.05, 4.69) is 24.0 Å². The average molecular weight is 227 g/mol. The first-order valence-corrected chi connectivity index (χ1v) is 6.46. The highest BCUT2D eigenvalue weighted by molar-refractivity contribution is 7.99. The Balaban J connectivity index is 1.98. The molecule has 1 N–H and O–H groups in total. The number of aromatic nitrogens is 3. The molecule has 0 bridgehead atoms. The van der Waals surface area contributed by atoms with Crippen molar-refractivity contribution >= 4 is 11.8 Å². The summed E-state index contributed by atoms with van der Waals surface area (Å²) >= 11 is 1.69. The molecule has 5 heteroatoms. The van der Waals surface area contributed by atoms with E-state index in [4.69, 9.17) is 0 Å². The summed E-state index contributed by atoms with van der Waals surface area (Å²) in [4.78, 5) is 11.5. The fourth-order valence-corrected chi connectivity index (χ4v) is 2.69. The first kappa shape index (κ1) is 10.8. The predicted molar refractivity (Wildman–Crippen MR) is 61.3 cm³/mol. The zero-order valence-electron chi connectivity index (χ0n) is 9.19. The monoisotopic (exact) mass is 227 g/mol. The Morgan fingerprint density at radius 3 is 2.93 bits per heavy atom. The van der Waals surface area contributed by atoms with Crippen molar-refractivity contribution in [2.45, 2.75) is 44.3 Å². The normalized spacial score (nSPS) is 16.2. The third-order valence-electron chi connectivity index (χ3n) is 2.51. The molecule has 1 aromatic rings. The molecule has 0 spiro atoms. The van der Waals surface area contributed by atoms with E-state index in [1.807, 2.05) is 4.57 Å². The van der Waals surface area contributed by atoms with Gasteiger partial charge in [-0.15, -0.1) is 5.10 Å². The van der Waals surface area contributed by atoms with Gasteiger partial charge in [0.25, 0.3) is 0 Å². The molecule has 0 aliphatic heterocycles. The van der Waals surface area contributed by atoms with Crippen LogP contribution in [0.25, 0.3) is 0 Å². The number of H-pyrrole nitrogens is 1. The Kier molecular flexibility index (Phi) is 3.19. The minimum atomic E-state index is -0.0513. The first-order valence-electron chi connectivity index (χ1n) is 5.48. The fraction of sp³-hybridized carbons (Fsp3) is 0.800. The lowest BCUT2D eigenvalue weighted by Crippen LogP contribution is -2.16. The van der Waals surface area contributed by atoms with Crippen LogP contribution in [0.4, 0.5) is 0 Å². The van der Waals surface area contributed by atoms with Gasteiger partial charge in [0, 0.05) is 11.8 Å². The molecule has 0 atom stereocenters. The Hall–Kier alpha value is -0.710. The summed E-state index contributed by atoms with van der Waals surface area (Å²) in [6, 6.07) is 0.415. The van der Waals surface area contributed by atoms with E-state index in [9.17, 15) is 4.79 Å². The molecule has 1 aromatic heterocycles. The third kappa shape index (κ3) is 2.65. The number of hydrogen-bond acceptors (Lipinski definition) is 3. The molecule has 84 valence electrons. The van der Waals surface area contributed by atoms with Gasteiger partial charge < -0.3 is 0 Å². The van der Waals surface area contributed by atoms with Crippen molar-refractivity contribution in [3.63, 3.8) is 0 Å². The molecule has 0 unspecified atom stereocenters. The maximum Gasteiger partial charge on any atom is 0.344 e. The van der Waals surface area contributed by atoms with E-state index in [1.54, 1.807) is 11.8 Å². The summed E-state index contributed by atoms with van der Waals surface area (Å²) in [5.74, 6) is 1.74. The SMILES string of the molecule is CC(C)CCSc1n[nH]c(=O)n1C1CC1. The molecule has 1 fully saturated rings. The van der Waals surface area contributed by atoms with E-state index in [0.717, 1.165) is 30.2 Å². The van der Waals surface area contributed by atoms with E-state index in [1.165, 1.54) is 0 Å². The Morgan fingerprint density at radius 2 is 2.33 bits per heavy atom. The van der Waals surface area contributed by atoms with Crippen LogP contribution in [-0.2, 0) is 0 Å². The molecule has 0 aromatic carbocycles. The van der Waals surface area contributed by atoms with Gasteiger partial charge in [-0.05, 0) is 25.2 Å². The highest BCUT2D eigenvalue weighted by Crippen LogP contribution is 2.36.